The van der Waals surface area contributed by atoms with Crippen molar-refractivity contribution < 1.29 is 60.7 Å². The minimum Gasteiger partial charge on any atom is -0.344 e. The van der Waals surface area contributed by atoms with Crippen LogP contribution in [0.25, 0.3) is 10.9 Å². The minimum atomic E-state index is -7.17. The lowest BCUT2D eigenvalue weighted by Crippen LogP contribution is -2.46. The van der Waals surface area contributed by atoms with Gasteiger partial charge in [-0.05, 0) is 6.07 Å². The number of sulfone groups is 2. The van der Waals surface area contributed by atoms with Crippen molar-refractivity contribution in [1.82, 2.24) is 4.98 Å². The van der Waals surface area contributed by atoms with Crippen LogP contribution in [0.3, 0.4) is 0 Å². The number of hydrogen-bond donors (Lipinski definition) is 1. The number of aromatic nitrogens is 1. The SMILES string of the molecule is O=S(=O)(c1[nH]c2ccccc2c1S(=O)(=O)C(F)(F)C(F)(F)F)C(F)(F)C(F)(F)F. The summed E-state index contributed by atoms with van der Waals surface area (Å²) in [6.45, 7) is 0. The number of rotatable bonds is 4. The quantitative estimate of drug-likeness (QED) is 0.669. The Bertz CT molecular complexity index is 1160. The third kappa shape index (κ3) is 3.13. The normalized spacial score (nSPS) is 15.1. The molecule has 1 heterocycles. The molecule has 17 heteroatoms. The van der Waals surface area contributed by atoms with E-state index in [4.69, 9.17) is 0 Å². The molecule has 2 rings (SSSR count). The monoisotopic (exact) mass is 481 g/mol. The molecule has 1 aromatic carbocycles. The second-order valence-electron chi connectivity index (χ2n) is 5.36. The molecule has 1 aromatic heterocycles. The number of fused-ring (bicyclic) bond motifs is 1. The lowest BCUT2D eigenvalue weighted by Gasteiger charge is -2.22. The zero-order valence-electron chi connectivity index (χ0n) is 13.0. The summed E-state index contributed by atoms with van der Waals surface area (Å²) in [4.78, 5) is -1.31. The smallest absolute Gasteiger partial charge is 0.344 e. The van der Waals surface area contributed by atoms with E-state index in [1.54, 1.807) is 0 Å². The Morgan fingerprint density at radius 3 is 1.52 bits per heavy atom. The van der Waals surface area contributed by atoms with E-state index in [0.717, 1.165) is 12.1 Å². The van der Waals surface area contributed by atoms with E-state index in [1.165, 1.54) is 4.98 Å². The number of halogens is 10. The summed E-state index contributed by atoms with van der Waals surface area (Å²) in [6, 6.07) is 2.83. The molecule has 0 fully saturated rings. The first-order chi connectivity index (χ1) is 12.7. The van der Waals surface area contributed by atoms with E-state index in [-0.39, 0.29) is 0 Å². The third-order valence-electron chi connectivity index (χ3n) is 3.50. The van der Waals surface area contributed by atoms with Gasteiger partial charge in [0.05, 0.1) is 0 Å². The highest BCUT2D eigenvalue weighted by Gasteiger charge is 2.72. The Labute approximate surface area is 154 Å². The first-order valence-corrected chi connectivity index (χ1v) is 9.67. The fraction of sp³-hybridized carbons (Fsp3) is 0.333. The van der Waals surface area contributed by atoms with Crippen molar-refractivity contribution >= 4 is 30.6 Å². The van der Waals surface area contributed by atoms with Crippen LogP contribution in [0.15, 0.2) is 34.2 Å². The average molecular weight is 481 g/mol. The summed E-state index contributed by atoms with van der Waals surface area (Å²) < 4.78 is 177. The predicted octanol–water partition coefficient (Wildman–Crippen LogP) is 4.03. The van der Waals surface area contributed by atoms with Crippen LogP contribution >= 0.6 is 0 Å². The van der Waals surface area contributed by atoms with E-state index in [0.29, 0.717) is 12.1 Å². The molecule has 0 radical (unpaired) electrons. The Hall–Kier alpha value is -2.04. The molecule has 0 amide bonds. The summed E-state index contributed by atoms with van der Waals surface area (Å²) >= 11 is 0. The Kier molecular flexibility index (Phi) is 4.99. The zero-order chi connectivity index (χ0) is 22.8. The number of H-pyrrole nitrogens is 1. The highest BCUT2D eigenvalue weighted by molar-refractivity contribution is 7.95. The van der Waals surface area contributed by atoms with Gasteiger partial charge < -0.3 is 4.98 Å². The number of nitrogens with one attached hydrogen (secondary N) is 1. The summed E-state index contributed by atoms with van der Waals surface area (Å²) in [5.41, 5.74) is -0.902. The predicted molar refractivity (Wildman–Crippen MR) is 74.7 cm³/mol. The number of alkyl halides is 10. The molecule has 0 saturated heterocycles. The molecule has 2 aromatic rings. The summed E-state index contributed by atoms with van der Waals surface area (Å²) in [7, 11) is -14.3. The van der Waals surface area contributed by atoms with E-state index in [1.807, 2.05) is 0 Å². The van der Waals surface area contributed by atoms with Crippen molar-refractivity contribution in [2.45, 2.75) is 32.8 Å². The van der Waals surface area contributed by atoms with Gasteiger partial charge in [0, 0.05) is 10.9 Å². The summed E-state index contributed by atoms with van der Waals surface area (Å²) in [5.74, 6) is 0. The van der Waals surface area contributed by atoms with Gasteiger partial charge in [-0.15, -0.1) is 0 Å². The summed E-state index contributed by atoms with van der Waals surface area (Å²) in [6.07, 6.45) is -13.7. The fourth-order valence-electron chi connectivity index (χ4n) is 2.11. The van der Waals surface area contributed by atoms with Gasteiger partial charge in [0.1, 0.15) is 4.90 Å². The van der Waals surface area contributed by atoms with Crippen LogP contribution in [0.4, 0.5) is 43.9 Å². The summed E-state index contributed by atoms with van der Waals surface area (Å²) in [5, 5.41) is -17.4. The van der Waals surface area contributed by atoms with Crippen molar-refractivity contribution in [2.75, 3.05) is 0 Å². The minimum absolute atomic E-state index is 0.440. The molecular formula is C12H5F10NO4S2. The fourth-order valence-corrected chi connectivity index (χ4v) is 5.25. The van der Waals surface area contributed by atoms with Gasteiger partial charge in [0.25, 0.3) is 19.7 Å². The molecular weight excluding hydrogens is 476 g/mol. The zero-order valence-corrected chi connectivity index (χ0v) is 14.7. The molecule has 0 spiro atoms. The van der Waals surface area contributed by atoms with Gasteiger partial charge in [0.15, 0.2) is 5.03 Å². The van der Waals surface area contributed by atoms with Crippen molar-refractivity contribution in [3.05, 3.63) is 24.3 Å². The lowest BCUT2D eigenvalue weighted by molar-refractivity contribution is -0.242. The maximum Gasteiger partial charge on any atom is 0.469 e. The van der Waals surface area contributed by atoms with Crippen LogP contribution in [0.5, 0.6) is 0 Å². The molecule has 0 aliphatic rings. The van der Waals surface area contributed by atoms with Crippen LogP contribution in [-0.4, -0.2) is 44.7 Å². The van der Waals surface area contributed by atoms with Gasteiger partial charge in [-0.1, -0.05) is 18.2 Å². The van der Waals surface area contributed by atoms with Crippen molar-refractivity contribution in [2.24, 2.45) is 0 Å². The highest BCUT2D eigenvalue weighted by atomic mass is 32.2. The van der Waals surface area contributed by atoms with Gasteiger partial charge in [0.2, 0.25) is 0 Å². The van der Waals surface area contributed by atoms with E-state index in [9.17, 15) is 60.7 Å². The molecule has 164 valence electrons. The van der Waals surface area contributed by atoms with Crippen molar-refractivity contribution in [1.29, 1.82) is 0 Å². The Balaban J connectivity index is 3.04. The number of para-hydroxylation sites is 1. The number of aromatic amines is 1. The number of benzene rings is 1. The first-order valence-electron chi connectivity index (χ1n) is 6.70. The maximum atomic E-state index is 13.6. The van der Waals surface area contributed by atoms with E-state index < -0.39 is 63.4 Å². The molecule has 0 unspecified atom stereocenters. The molecule has 0 saturated carbocycles. The Morgan fingerprint density at radius 1 is 0.655 bits per heavy atom. The van der Waals surface area contributed by atoms with Crippen LogP contribution in [0.2, 0.25) is 0 Å². The molecule has 0 atom stereocenters. The average Bonchev–Trinajstić information content (AvgIpc) is 2.93. The van der Waals surface area contributed by atoms with Crippen LogP contribution in [0, 0.1) is 0 Å². The van der Waals surface area contributed by atoms with Gasteiger partial charge in [-0.25, -0.2) is 16.8 Å². The number of hydrogen-bond acceptors (Lipinski definition) is 4. The molecule has 5 nitrogen and oxygen atoms in total. The maximum absolute atomic E-state index is 13.6. The standard InChI is InChI=1S/C12H5F10NO4S2/c13-9(14,15)11(19,20)28(24,25)7-5-3-1-2-4-6(5)23-8(7)29(26,27)12(21,22)10(16,17)18/h1-4,23H. The van der Waals surface area contributed by atoms with Crippen molar-refractivity contribution in [3.8, 4) is 0 Å². The highest BCUT2D eigenvalue weighted by Crippen LogP contribution is 2.49. The van der Waals surface area contributed by atoms with Gasteiger partial charge in [-0.3, -0.25) is 0 Å². The molecule has 1 N–H and O–H groups in total. The van der Waals surface area contributed by atoms with Crippen LogP contribution in [0.1, 0.15) is 0 Å². The van der Waals surface area contributed by atoms with E-state index in [2.05, 4.69) is 0 Å². The largest absolute Gasteiger partial charge is 0.469 e. The lowest BCUT2D eigenvalue weighted by atomic mass is 10.2. The second-order valence-corrected chi connectivity index (χ2v) is 9.22. The van der Waals surface area contributed by atoms with Gasteiger partial charge >= 0.3 is 22.9 Å². The van der Waals surface area contributed by atoms with Gasteiger partial charge in [-0.2, -0.15) is 43.9 Å². The van der Waals surface area contributed by atoms with Crippen LogP contribution in [-0.2, 0) is 19.7 Å². The third-order valence-corrected chi connectivity index (χ3v) is 7.25. The van der Waals surface area contributed by atoms with E-state index >= 15 is 0 Å². The first kappa shape index (κ1) is 23.2. The topological polar surface area (TPSA) is 84.1 Å². The molecule has 0 aliphatic heterocycles. The van der Waals surface area contributed by atoms with Crippen molar-refractivity contribution in [3.63, 3.8) is 0 Å². The molecule has 29 heavy (non-hydrogen) atoms. The van der Waals surface area contributed by atoms with Crippen LogP contribution < -0.4 is 0 Å². The molecule has 0 bridgehead atoms. The molecule has 0 aliphatic carbocycles. The second kappa shape index (κ2) is 6.23. The Morgan fingerprint density at radius 2 is 1.07 bits per heavy atom.